The minimum Gasteiger partial charge on any atom is -0.393 e. The van der Waals surface area contributed by atoms with Crippen LogP contribution in [0.15, 0.2) is 0 Å². The lowest BCUT2D eigenvalue weighted by atomic mass is 10.1. The monoisotopic (exact) mass is 132 g/mol. The molecule has 0 amide bonds. The van der Waals surface area contributed by atoms with Gasteiger partial charge in [-0.25, -0.2) is 0 Å². The van der Waals surface area contributed by atoms with Crippen LogP contribution < -0.4 is 0 Å². The Morgan fingerprint density at radius 1 is 1.78 bits per heavy atom. The molecule has 3 heteroatoms. The van der Waals surface area contributed by atoms with Gasteiger partial charge in [-0.1, -0.05) is 0 Å². The molecule has 0 bridgehead atoms. The molecule has 1 aliphatic heterocycles. The van der Waals surface area contributed by atoms with Crippen molar-refractivity contribution in [2.45, 2.75) is 12.0 Å². The Balaban J connectivity index is 2.45. The summed E-state index contributed by atoms with van der Waals surface area (Å²) in [6.07, 6.45) is 0.806. The molecule has 1 heterocycles. The summed E-state index contributed by atoms with van der Waals surface area (Å²) in [7, 11) is 1.60. The maximum absolute atomic E-state index is 8.81. The fourth-order valence-electron chi connectivity index (χ4n) is 0.939. The molecule has 0 aromatic carbocycles. The Hall–Kier alpha value is -0.120. The van der Waals surface area contributed by atoms with E-state index < -0.39 is 0 Å². The van der Waals surface area contributed by atoms with Gasteiger partial charge in [-0.15, -0.1) is 0 Å². The van der Waals surface area contributed by atoms with Gasteiger partial charge >= 0.3 is 0 Å². The summed E-state index contributed by atoms with van der Waals surface area (Å²) >= 11 is 0. The van der Waals surface area contributed by atoms with Crippen molar-refractivity contribution in [3.63, 3.8) is 0 Å². The number of aliphatic hydroxyl groups excluding tert-OH is 1. The van der Waals surface area contributed by atoms with Crippen LogP contribution >= 0.6 is 0 Å². The molecule has 1 rings (SSSR count). The summed E-state index contributed by atoms with van der Waals surface area (Å²) in [5.41, 5.74) is -0.389. The molecule has 1 aliphatic rings. The van der Waals surface area contributed by atoms with E-state index >= 15 is 0 Å². The standard InChI is InChI=1S/C6H12O3/c1-8-6(4-7)2-3-9-5-6/h7H,2-5H2,1H3/t6-/m1/s1. The highest BCUT2D eigenvalue weighted by atomic mass is 16.6. The first-order valence-corrected chi connectivity index (χ1v) is 3.07. The lowest BCUT2D eigenvalue weighted by Gasteiger charge is -2.21. The normalized spacial score (nSPS) is 35.3. The van der Waals surface area contributed by atoms with E-state index in [2.05, 4.69) is 0 Å². The van der Waals surface area contributed by atoms with Crippen molar-refractivity contribution in [3.05, 3.63) is 0 Å². The van der Waals surface area contributed by atoms with Gasteiger partial charge in [0.15, 0.2) is 0 Å². The van der Waals surface area contributed by atoms with Crippen LogP contribution in [-0.4, -0.2) is 37.6 Å². The second-order valence-corrected chi connectivity index (χ2v) is 2.35. The SMILES string of the molecule is CO[C@@]1(CO)CCOC1. The van der Waals surface area contributed by atoms with Crippen molar-refractivity contribution >= 4 is 0 Å². The zero-order valence-electron chi connectivity index (χ0n) is 5.59. The Morgan fingerprint density at radius 3 is 2.78 bits per heavy atom. The summed E-state index contributed by atoms with van der Waals surface area (Å²) in [4.78, 5) is 0. The van der Waals surface area contributed by atoms with Gasteiger partial charge in [0.05, 0.1) is 13.2 Å². The van der Waals surface area contributed by atoms with Gasteiger partial charge in [0.1, 0.15) is 5.60 Å². The Bertz CT molecular complexity index is 80.3. The molecule has 0 spiro atoms. The molecule has 0 aliphatic carbocycles. The molecule has 9 heavy (non-hydrogen) atoms. The van der Waals surface area contributed by atoms with Gasteiger partial charge in [-0.05, 0) is 0 Å². The molecule has 54 valence electrons. The van der Waals surface area contributed by atoms with Crippen molar-refractivity contribution < 1.29 is 14.6 Å². The highest BCUT2D eigenvalue weighted by Crippen LogP contribution is 2.20. The fourth-order valence-corrected chi connectivity index (χ4v) is 0.939. The van der Waals surface area contributed by atoms with Crippen molar-refractivity contribution in [2.24, 2.45) is 0 Å². The summed E-state index contributed by atoms with van der Waals surface area (Å²) in [5.74, 6) is 0. The first-order valence-electron chi connectivity index (χ1n) is 3.07. The van der Waals surface area contributed by atoms with E-state index in [0.717, 1.165) is 6.42 Å². The van der Waals surface area contributed by atoms with Crippen LogP contribution in [0.4, 0.5) is 0 Å². The van der Waals surface area contributed by atoms with E-state index in [0.29, 0.717) is 13.2 Å². The summed E-state index contributed by atoms with van der Waals surface area (Å²) in [6, 6.07) is 0. The van der Waals surface area contributed by atoms with Crippen molar-refractivity contribution in [1.82, 2.24) is 0 Å². The van der Waals surface area contributed by atoms with Gasteiger partial charge in [0.25, 0.3) is 0 Å². The molecular weight excluding hydrogens is 120 g/mol. The van der Waals surface area contributed by atoms with E-state index in [1.54, 1.807) is 7.11 Å². The smallest absolute Gasteiger partial charge is 0.116 e. The quantitative estimate of drug-likeness (QED) is 0.564. The van der Waals surface area contributed by atoms with E-state index in [1.165, 1.54) is 0 Å². The minimum atomic E-state index is -0.389. The van der Waals surface area contributed by atoms with E-state index in [1.807, 2.05) is 0 Å². The van der Waals surface area contributed by atoms with Gasteiger partial charge < -0.3 is 14.6 Å². The zero-order valence-corrected chi connectivity index (χ0v) is 5.59. The number of ether oxygens (including phenoxy) is 2. The molecule has 0 saturated carbocycles. The van der Waals surface area contributed by atoms with E-state index in [9.17, 15) is 0 Å². The van der Waals surface area contributed by atoms with Crippen LogP contribution in [0.2, 0.25) is 0 Å². The maximum atomic E-state index is 8.81. The van der Waals surface area contributed by atoms with Crippen LogP contribution in [-0.2, 0) is 9.47 Å². The molecular formula is C6H12O3. The van der Waals surface area contributed by atoms with Crippen LogP contribution in [0.5, 0.6) is 0 Å². The van der Waals surface area contributed by atoms with Crippen LogP contribution in [0.25, 0.3) is 0 Å². The Kier molecular flexibility index (Phi) is 2.05. The van der Waals surface area contributed by atoms with Crippen molar-refractivity contribution in [1.29, 1.82) is 0 Å². The predicted molar refractivity (Wildman–Crippen MR) is 32.3 cm³/mol. The summed E-state index contributed by atoms with van der Waals surface area (Å²) in [6.45, 7) is 1.29. The fraction of sp³-hybridized carbons (Fsp3) is 1.00. The summed E-state index contributed by atoms with van der Waals surface area (Å²) < 4.78 is 10.1. The minimum absolute atomic E-state index is 0.0590. The molecule has 1 fully saturated rings. The second kappa shape index (κ2) is 2.64. The molecule has 0 aromatic heterocycles. The van der Waals surface area contributed by atoms with Crippen LogP contribution in [0.1, 0.15) is 6.42 Å². The largest absolute Gasteiger partial charge is 0.393 e. The second-order valence-electron chi connectivity index (χ2n) is 2.35. The topological polar surface area (TPSA) is 38.7 Å². The lowest BCUT2D eigenvalue weighted by molar-refractivity contribution is -0.0543. The number of rotatable bonds is 2. The summed E-state index contributed by atoms with van der Waals surface area (Å²) in [5, 5.41) is 8.81. The van der Waals surface area contributed by atoms with Crippen molar-refractivity contribution in [3.8, 4) is 0 Å². The van der Waals surface area contributed by atoms with Crippen LogP contribution in [0, 0.1) is 0 Å². The van der Waals surface area contributed by atoms with E-state index in [4.69, 9.17) is 14.6 Å². The number of hydrogen-bond donors (Lipinski definition) is 1. The molecule has 0 radical (unpaired) electrons. The average Bonchev–Trinajstić information content (AvgIpc) is 2.36. The molecule has 3 nitrogen and oxygen atoms in total. The number of methoxy groups -OCH3 is 1. The van der Waals surface area contributed by atoms with Gasteiger partial charge in [0.2, 0.25) is 0 Å². The number of aliphatic hydroxyl groups is 1. The predicted octanol–water partition coefficient (Wildman–Crippen LogP) is -0.216. The average molecular weight is 132 g/mol. The molecule has 1 saturated heterocycles. The van der Waals surface area contributed by atoms with Gasteiger partial charge in [-0.3, -0.25) is 0 Å². The molecule has 1 atom stereocenters. The van der Waals surface area contributed by atoms with E-state index in [-0.39, 0.29) is 12.2 Å². The maximum Gasteiger partial charge on any atom is 0.116 e. The molecule has 0 unspecified atom stereocenters. The third kappa shape index (κ3) is 1.23. The third-order valence-corrected chi connectivity index (χ3v) is 1.79. The number of hydrogen-bond acceptors (Lipinski definition) is 3. The first-order chi connectivity index (χ1) is 4.33. The van der Waals surface area contributed by atoms with Crippen molar-refractivity contribution in [2.75, 3.05) is 26.9 Å². The van der Waals surface area contributed by atoms with Gasteiger partial charge in [0, 0.05) is 20.1 Å². The molecule has 1 N–H and O–H groups in total. The Morgan fingerprint density at radius 2 is 2.56 bits per heavy atom. The Labute approximate surface area is 54.6 Å². The molecule has 0 aromatic rings. The highest BCUT2D eigenvalue weighted by molar-refractivity contribution is 4.83. The highest BCUT2D eigenvalue weighted by Gasteiger charge is 2.33. The first kappa shape index (κ1) is 6.99. The third-order valence-electron chi connectivity index (χ3n) is 1.79. The van der Waals surface area contributed by atoms with Gasteiger partial charge in [-0.2, -0.15) is 0 Å². The zero-order chi connectivity index (χ0) is 6.74. The lowest BCUT2D eigenvalue weighted by Crippen LogP contribution is -2.35. The van der Waals surface area contributed by atoms with Crippen LogP contribution in [0.3, 0.4) is 0 Å².